The largest absolute Gasteiger partial charge is 0.465 e. The molecule has 0 aromatic carbocycles. The maximum absolute atomic E-state index is 12.3. The van der Waals surface area contributed by atoms with E-state index in [2.05, 4.69) is 15.2 Å². The molecule has 0 fully saturated rings. The third-order valence-electron chi connectivity index (χ3n) is 3.44. The fraction of sp³-hybridized carbons (Fsp3) is 0.357. The maximum Gasteiger partial charge on any atom is 0.315 e. The number of carbonyl (C=O) groups excluding carboxylic acids is 1. The van der Waals surface area contributed by atoms with Crippen LogP contribution in [-0.2, 0) is 9.53 Å². The minimum absolute atomic E-state index is 0.0692. The van der Waals surface area contributed by atoms with Crippen LogP contribution in [0.25, 0.3) is 0 Å². The van der Waals surface area contributed by atoms with E-state index < -0.39 is 0 Å². The van der Waals surface area contributed by atoms with Gasteiger partial charge in [0.2, 0.25) is 0 Å². The third kappa shape index (κ3) is 2.06. The number of ether oxygens (including phenoxy) is 1. The van der Waals surface area contributed by atoms with Crippen LogP contribution in [0.2, 0.25) is 0 Å². The van der Waals surface area contributed by atoms with Crippen molar-refractivity contribution in [2.75, 3.05) is 6.61 Å². The van der Waals surface area contributed by atoms with Gasteiger partial charge in [0.25, 0.3) is 0 Å². The van der Waals surface area contributed by atoms with Gasteiger partial charge in [-0.1, -0.05) is 6.07 Å². The molecule has 0 radical (unpaired) electrons. The molecular weight excluding hydrogens is 274 g/mol. The molecule has 0 bridgehead atoms. The molecule has 104 valence electrons. The number of aromatic amines is 1. The summed E-state index contributed by atoms with van der Waals surface area (Å²) in [6, 6.07) is 4.03. The number of fused-ring (bicyclic) bond motifs is 1. The first-order valence-corrected chi connectivity index (χ1v) is 7.38. The average Bonchev–Trinajstić information content (AvgIpc) is 3.07. The summed E-state index contributed by atoms with van der Waals surface area (Å²) in [5.74, 6) is 0.0689. The molecule has 0 aliphatic carbocycles. The normalized spacial score (nSPS) is 21.2. The number of nitrogens with zero attached hydrogens (tertiary/aromatic N) is 2. The van der Waals surface area contributed by atoms with Crippen molar-refractivity contribution in [3.63, 3.8) is 0 Å². The second-order valence-electron chi connectivity index (χ2n) is 4.65. The Morgan fingerprint density at radius 1 is 1.55 bits per heavy atom. The van der Waals surface area contributed by atoms with Crippen LogP contribution in [0, 0.1) is 5.92 Å². The zero-order valence-electron chi connectivity index (χ0n) is 11.3. The number of aromatic nitrogens is 2. The van der Waals surface area contributed by atoms with Crippen LogP contribution in [0.15, 0.2) is 28.7 Å². The van der Waals surface area contributed by atoms with Crippen molar-refractivity contribution in [3.8, 4) is 0 Å². The lowest BCUT2D eigenvalue weighted by Gasteiger charge is -2.27. The van der Waals surface area contributed by atoms with Crippen LogP contribution in [0.5, 0.6) is 0 Å². The summed E-state index contributed by atoms with van der Waals surface area (Å²) in [6.45, 7) is 4.06. The minimum Gasteiger partial charge on any atom is -0.465 e. The minimum atomic E-state index is -0.376. The Kier molecular flexibility index (Phi) is 3.40. The molecule has 1 N–H and O–H groups in total. The molecule has 20 heavy (non-hydrogen) atoms. The molecule has 0 amide bonds. The molecule has 5 nitrogen and oxygen atoms in total. The zero-order valence-corrected chi connectivity index (χ0v) is 12.1. The van der Waals surface area contributed by atoms with Gasteiger partial charge in [0.15, 0.2) is 5.82 Å². The highest BCUT2D eigenvalue weighted by molar-refractivity contribution is 7.10. The maximum atomic E-state index is 12.3. The quantitative estimate of drug-likeness (QED) is 0.883. The molecule has 2 aromatic rings. The first-order chi connectivity index (χ1) is 9.72. The number of nitrogens with one attached hydrogen (secondary N) is 1. The summed E-state index contributed by atoms with van der Waals surface area (Å²) in [7, 11) is 0. The van der Waals surface area contributed by atoms with Crippen molar-refractivity contribution in [1.82, 2.24) is 10.2 Å². The van der Waals surface area contributed by atoms with Gasteiger partial charge in [-0.2, -0.15) is 5.10 Å². The predicted octanol–water partition coefficient (Wildman–Crippen LogP) is 2.89. The lowest BCUT2D eigenvalue weighted by atomic mass is 9.81. The van der Waals surface area contributed by atoms with Gasteiger partial charge in [0.05, 0.1) is 12.8 Å². The van der Waals surface area contributed by atoms with E-state index in [0.717, 1.165) is 22.0 Å². The third-order valence-corrected chi connectivity index (χ3v) is 4.40. The smallest absolute Gasteiger partial charge is 0.315 e. The fourth-order valence-electron chi connectivity index (χ4n) is 2.60. The van der Waals surface area contributed by atoms with E-state index in [-0.39, 0.29) is 17.8 Å². The highest BCUT2D eigenvalue weighted by Gasteiger charge is 2.39. The van der Waals surface area contributed by atoms with E-state index in [4.69, 9.17) is 4.74 Å². The molecule has 2 aromatic heterocycles. The molecule has 6 heteroatoms. The topological polar surface area (TPSA) is 67.3 Å². The molecule has 3 rings (SSSR count). The van der Waals surface area contributed by atoms with E-state index in [1.54, 1.807) is 17.5 Å². The molecule has 2 atom stereocenters. The van der Waals surface area contributed by atoms with Gasteiger partial charge in [0.1, 0.15) is 5.92 Å². The lowest BCUT2D eigenvalue weighted by molar-refractivity contribution is -0.145. The molecule has 0 saturated carbocycles. The van der Waals surface area contributed by atoms with Gasteiger partial charge in [-0.15, -0.1) is 11.3 Å². The van der Waals surface area contributed by atoms with Crippen molar-refractivity contribution in [2.45, 2.75) is 19.8 Å². The average molecular weight is 289 g/mol. The summed E-state index contributed by atoms with van der Waals surface area (Å²) in [5.41, 5.74) is 1.72. The van der Waals surface area contributed by atoms with Crippen molar-refractivity contribution < 1.29 is 9.53 Å². The molecular formula is C14H15N3O2S. The van der Waals surface area contributed by atoms with Crippen LogP contribution in [0.3, 0.4) is 0 Å². The highest BCUT2D eigenvalue weighted by Crippen LogP contribution is 2.43. The number of esters is 1. The summed E-state index contributed by atoms with van der Waals surface area (Å²) in [4.78, 5) is 17.9. The Morgan fingerprint density at radius 3 is 3.10 bits per heavy atom. The number of thiophene rings is 1. The highest BCUT2D eigenvalue weighted by atomic mass is 32.1. The van der Waals surface area contributed by atoms with E-state index in [9.17, 15) is 4.79 Å². The number of rotatable bonds is 3. The zero-order chi connectivity index (χ0) is 14.1. The van der Waals surface area contributed by atoms with Crippen LogP contribution < -0.4 is 0 Å². The first kappa shape index (κ1) is 13.1. The van der Waals surface area contributed by atoms with Crippen molar-refractivity contribution in [1.29, 1.82) is 0 Å². The lowest BCUT2D eigenvalue weighted by Crippen LogP contribution is -2.32. The Labute approximate surface area is 120 Å². The van der Waals surface area contributed by atoms with Gasteiger partial charge < -0.3 is 4.74 Å². The monoisotopic (exact) mass is 289 g/mol. The number of hydrogen-bond acceptors (Lipinski definition) is 5. The summed E-state index contributed by atoms with van der Waals surface area (Å²) >= 11 is 1.63. The summed E-state index contributed by atoms with van der Waals surface area (Å²) < 4.78 is 5.23. The molecule has 1 aliphatic heterocycles. The van der Waals surface area contributed by atoms with Crippen LogP contribution in [-0.4, -0.2) is 28.5 Å². The van der Waals surface area contributed by atoms with Gasteiger partial charge in [-0.25, -0.2) is 4.99 Å². The molecule has 3 heterocycles. The fourth-order valence-corrected chi connectivity index (χ4v) is 3.48. The number of aliphatic imine (C=N–C) groups is 1. The standard InChI is InChI=1S/C14H15N3O2S/c1-3-19-14(18)11-8(2)16-13-9(7-15-17-13)12(11)10-5-4-6-20-10/h4-7,11-12H,3H2,1-2H3,(H,15,17). The van der Waals surface area contributed by atoms with Crippen LogP contribution >= 0.6 is 11.3 Å². The Bertz CT molecular complexity index is 645. The predicted molar refractivity (Wildman–Crippen MR) is 77.6 cm³/mol. The second kappa shape index (κ2) is 5.20. The SMILES string of the molecule is CCOC(=O)C1C(C)=Nc2[nH]ncc2C1c1cccs1. The molecule has 0 saturated heterocycles. The van der Waals surface area contributed by atoms with Crippen LogP contribution in [0.4, 0.5) is 5.82 Å². The van der Waals surface area contributed by atoms with Gasteiger partial charge in [-0.3, -0.25) is 9.89 Å². The first-order valence-electron chi connectivity index (χ1n) is 6.50. The van der Waals surface area contributed by atoms with Gasteiger partial charge >= 0.3 is 5.97 Å². The number of carbonyl (C=O) groups is 1. The Balaban J connectivity index is 2.09. The number of hydrogen-bond donors (Lipinski definition) is 1. The Hall–Kier alpha value is -1.95. The number of H-pyrrole nitrogens is 1. The summed E-state index contributed by atoms with van der Waals surface area (Å²) in [5, 5.41) is 8.96. The van der Waals surface area contributed by atoms with E-state index in [1.165, 1.54) is 0 Å². The molecule has 1 aliphatic rings. The van der Waals surface area contributed by atoms with Gasteiger partial charge in [-0.05, 0) is 25.3 Å². The van der Waals surface area contributed by atoms with Crippen molar-refractivity contribution in [2.24, 2.45) is 10.9 Å². The Morgan fingerprint density at radius 2 is 2.40 bits per heavy atom. The van der Waals surface area contributed by atoms with Crippen molar-refractivity contribution >= 4 is 28.8 Å². The van der Waals surface area contributed by atoms with E-state index >= 15 is 0 Å². The molecule has 2 unspecified atom stereocenters. The van der Waals surface area contributed by atoms with Gasteiger partial charge in [0, 0.05) is 22.1 Å². The van der Waals surface area contributed by atoms with E-state index in [0.29, 0.717) is 6.61 Å². The second-order valence-corrected chi connectivity index (χ2v) is 5.63. The van der Waals surface area contributed by atoms with Crippen LogP contribution in [0.1, 0.15) is 30.2 Å². The van der Waals surface area contributed by atoms with Crippen molar-refractivity contribution in [3.05, 3.63) is 34.2 Å². The van der Waals surface area contributed by atoms with E-state index in [1.807, 2.05) is 31.4 Å². The summed E-state index contributed by atoms with van der Waals surface area (Å²) in [6.07, 6.45) is 1.75. The molecule has 0 spiro atoms.